The minimum absolute atomic E-state index is 0. The molecule has 5 rings (SSSR count). The maximum Gasteiger partial charge on any atom is 0.228 e. The first-order valence-electron chi connectivity index (χ1n) is 10.3. The summed E-state index contributed by atoms with van der Waals surface area (Å²) in [4.78, 5) is 13.4. The molecular formula is C23H25FN6S. The third-order valence-corrected chi connectivity index (χ3v) is 5.66. The lowest BCUT2D eigenvalue weighted by atomic mass is 9.88. The van der Waals surface area contributed by atoms with E-state index in [2.05, 4.69) is 53.5 Å². The molecule has 1 N–H and O–H groups in total. The van der Waals surface area contributed by atoms with Crippen molar-refractivity contribution in [1.29, 1.82) is 0 Å². The van der Waals surface area contributed by atoms with E-state index >= 15 is 0 Å². The highest BCUT2D eigenvalue weighted by atomic mass is 32.1. The second-order valence-corrected chi connectivity index (χ2v) is 8.11. The predicted molar refractivity (Wildman–Crippen MR) is 124 cm³/mol. The smallest absolute Gasteiger partial charge is 0.228 e. The van der Waals surface area contributed by atoms with E-state index in [4.69, 9.17) is 9.97 Å². The van der Waals surface area contributed by atoms with Crippen LogP contribution in [0.5, 0.6) is 0 Å². The van der Waals surface area contributed by atoms with Gasteiger partial charge in [-0.3, -0.25) is 4.98 Å². The highest BCUT2D eigenvalue weighted by Crippen LogP contribution is 2.27. The van der Waals surface area contributed by atoms with Gasteiger partial charge in [0.15, 0.2) is 11.5 Å². The average molecular weight is 437 g/mol. The van der Waals surface area contributed by atoms with Crippen LogP contribution in [0.4, 0.5) is 10.3 Å². The Hall–Kier alpha value is -3.00. The molecule has 1 aliphatic carbocycles. The third kappa shape index (κ3) is 4.12. The lowest BCUT2D eigenvalue weighted by Gasteiger charge is -2.26. The fourth-order valence-corrected chi connectivity index (χ4v) is 4.06. The van der Waals surface area contributed by atoms with Crippen LogP contribution in [0.2, 0.25) is 0 Å². The van der Waals surface area contributed by atoms with E-state index in [1.807, 2.05) is 6.20 Å². The molecule has 31 heavy (non-hydrogen) atoms. The van der Waals surface area contributed by atoms with Crippen molar-refractivity contribution in [3.8, 4) is 11.4 Å². The summed E-state index contributed by atoms with van der Waals surface area (Å²) in [7, 11) is 0. The number of fused-ring (bicyclic) bond motifs is 2. The van der Waals surface area contributed by atoms with Crippen LogP contribution < -0.4 is 5.32 Å². The van der Waals surface area contributed by atoms with Gasteiger partial charge in [-0.2, -0.15) is 28.1 Å². The Morgan fingerprint density at radius 3 is 2.68 bits per heavy atom. The molecule has 0 spiro atoms. The van der Waals surface area contributed by atoms with Crippen molar-refractivity contribution in [1.82, 2.24) is 24.6 Å². The SMILES string of the molecule is CC(C)c1cnn2c(N[C@@H]3CCc4ccccc4C3)nc(-c3cncc(F)c3)nc12.S. The Bertz CT molecular complexity index is 1220. The summed E-state index contributed by atoms with van der Waals surface area (Å²) in [5.41, 5.74) is 5.09. The number of aryl methyl sites for hydroxylation is 1. The van der Waals surface area contributed by atoms with E-state index in [9.17, 15) is 4.39 Å². The molecule has 3 aromatic heterocycles. The maximum absolute atomic E-state index is 13.8. The molecule has 0 aliphatic heterocycles. The van der Waals surface area contributed by atoms with Crippen molar-refractivity contribution in [2.24, 2.45) is 0 Å². The van der Waals surface area contributed by atoms with Crippen molar-refractivity contribution in [2.45, 2.75) is 45.1 Å². The quantitative estimate of drug-likeness (QED) is 0.509. The first kappa shape index (κ1) is 21.2. The van der Waals surface area contributed by atoms with Crippen molar-refractivity contribution in [3.63, 3.8) is 0 Å². The first-order valence-corrected chi connectivity index (χ1v) is 10.3. The molecule has 3 heterocycles. The first-order chi connectivity index (χ1) is 14.6. The van der Waals surface area contributed by atoms with Gasteiger partial charge in [0.25, 0.3) is 0 Å². The van der Waals surface area contributed by atoms with Crippen molar-refractivity contribution in [2.75, 3.05) is 5.32 Å². The number of benzene rings is 1. The molecule has 6 nitrogen and oxygen atoms in total. The maximum atomic E-state index is 13.8. The largest absolute Gasteiger partial charge is 0.351 e. The Morgan fingerprint density at radius 2 is 1.90 bits per heavy atom. The van der Waals surface area contributed by atoms with Gasteiger partial charge >= 0.3 is 0 Å². The van der Waals surface area contributed by atoms with Gasteiger partial charge in [0, 0.05) is 23.4 Å². The lowest BCUT2D eigenvalue weighted by molar-refractivity contribution is 0.602. The Balaban J connectivity index is 0.00000231. The molecule has 0 amide bonds. The summed E-state index contributed by atoms with van der Waals surface area (Å²) in [6, 6.07) is 10.2. The highest BCUT2D eigenvalue weighted by Gasteiger charge is 2.22. The zero-order valence-electron chi connectivity index (χ0n) is 17.5. The van der Waals surface area contributed by atoms with Crippen LogP contribution in [0.1, 0.15) is 42.9 Å². The van der Waals surface area contributed by atoms with Crippen LogP contribution in [-0.4, -0.2) is 30.6 Å². The molecule has 1 atom stereocenters. The van der Waals surface area contributed by atoms with E-state index in [0.29, 0.717) is 17.3 Å². The van der Waals surface area contributed by atoms with Crippen LogP contribution in [0.3, 0.4) is 0 Å². The van der Waals surface area contributed by atoms with Crippen molar-refractivity contribution in [3.05, 3.63) is 71.4 Å². The molecule has 4 aromatic rings. The van der Waals surface area contributed by atoms with Gasteiger partial charge in [-0.1, -0.05) is 38.1 Å². The molecule has 0 bridgehead atoms. The van der Waals surface area contributed by atoms with Crippen LogP contribution in [-0.2, 0) is 12.8 Å². The molecule has 1 aromatic carbocycles. The number of hydrogen-bond donors (Lipinski definition) is 1. The molecule has 8 heteroatoms. The molecule has 0 saturated heterocycles. The minimum Gasteiger partial charge on any atom is -0.351 e. The standard InChI is InChI=1S/C23H23FN6.H2S/c1-14(2)20-13-26-30-22(20)28-21(17-9-18(24)12-25-11-17)29-23(30)27-19-8-7-15-5-3-4-6-16(15)10-19;/h3-6,9,11-14,19H,7-8,10H2,1-2H3,(H,27,28,29);1H2/t19-;/m1./s1. The van der Waals surface area contributed by atoms with Gasteiger partial charge in [-0.25, -0.2) is 9.37 Å². The number of anilines is 1. The second-order valence-electron chi connectivity index (χ2n) is 8.11. The zero-order chi connectivity index (χ0) is 20.7. The summed E-state index contributed by atoms with van der Waals surface area (Å²) < 4.78 is 15.5. The summed E-state index contributed by atoms with van der Waals surface area (Å²) in [5, 5.41) is 8.12. The predicted octanol–water partition coefficient (Wildman–Crippen LogP) is 4.53. The number of halogens is 1. The molecule has 160 valence electrons. The summed E-state index contributed by atoms with van der Waals surface area (Å²) in [5.74, 6) is 0.906. The van der Waals surface area contributed by atoms with Gasteiger partial charge in [0.1, 0.15) is 5.82 Å². The average Bonchev–Trinajstić information content (AvgIpc) is 3.18. The molecule has 0 unspecified atom stereocenters. The molecule has 0 radical (unpaired) electrons. The highest BCUT2D eigenvalue weighted by molar-refractivity contribution is 7.59. The zero-order valence-corrected chi connectivity index (χ0v) is 18.5. The summed E-state index contributed by atoms with van der Waals surface area (Å²) >= 11 is 0. The monoisotopic (exact) mass is 436 g/mol. The van der Waals surface area contributed by atoms with E-state index in [1.165, 1.54) is 23.4 Å². The van der Waals surface area contributed by atoms with E-state index in [0.717, 1.165) is 30.5 Å². The van der Waals surface area contributed by atoms with E-state index in [1.54, 1.807) is 10.7 Å². The van der Waals surface area contributed by atoms with Crippen LogP contribution in [0, 0.1) is 5.82 Å². The summed E-state index contributed by atoms with van der Waals surface area (Å²) in [6.45, 7) is 4.21. The summed E-state index contributed by atoms with van der Waals surface area (Å²) in [6.07, 6.45) is 7.57. The lowest BCUT2D eigenvalue weighted by Crippen LogP contribution is -2.29. The minimum atomic E-state index is -0.410. The second kappa shape index (κ2) is 8.63. The number of nitrogens with one attached hydrogen (secondary N) is 1. The van der Waals surface area contributed by atoms with Crippen LogP contribution in [0.25, 0.3) is 17.0 Å². The van der Waals surface area contributed by atoms with E-state index in [-0.39, 0.29) is 25.5 Å². The number of pyridine rings is 1. The van der Waals surface area contributed by atoms with Gasteiger partial charge in [-0.05, 0) is 42.4 Å². The van der Waals surface area contributed by atoms with Gasteiger partial charge < -0.3 is 5.32 Å². The molecule has 0 saturated carbocycles. The van der Waals surface area contributed by atoms with Gasteiger partial charge in [0.05, 0.1) is 12.4 Å². The number of rotatable bonds is 4. The Kier molecular flexibility index (Phi) is 5.91. The molecule has 1 aliphatic rings. The molecule has 0 fully saturated rings. The van der Waals surface area contributed by atoms with Crippen molar-refractivity contribution < 1.29 is 4.39 Å². The fraction of sp³-hybridized carbons (Fsp3) is 0.304. The number of hydrogen-bond acceptors (Lipinski definition) is 5. The van der Waals surface area contributed by atoms with Crippen LogP contribution >= 0.6 is 13.5 Å². The van der Waals surface area contributed by atoms with Crippen LogP contribution in [0.15, 0.2) is 48.9 Å². The number of nitrogens with zero attached hydrogens (tertiary/aromatic N) is 5. The van der Waals surface area contributed by atoms with Crippen molar-refractivity contribution >= 4 is 25.1 Å². The topological polar surface area (TPSA) is 68.0 Å². The fourth-order valence-electron chi connectivity index (χ4n) is 4.06. The number of aromatic nitrogens is 5. The third-order valence-electron chi connectivity index (χ3n) is 5.66. The van der Waals surface area contributed by atoms with E-state index < -0.39 is 5.82 Å². The van der Waals surface area contributed by atoms with Gasteiger partial charge in [0.2, 0.25) is 5.95 Å². The van der Waals surface area contributed by atoms with Gasteiger partial charge in [-0.15, -0.1) is 0 Å². The Labute approximate surface area is 187 Å². The molecular weight excluding hydrogens is 411 g/mol. The Morgan fingerprint density at radius 1 is 1.10 bits per heavy atom. The normalized spacial score (nSPS) is 15.5.